The molecule has 28 heavy (non-hydrogen) atoms. The van der Waals surface area contributed by atoms with Gasteiger partial charge in [-0.2, -0.15) is 0 Å². The number of rotatable bonds is 2. The zero-order valence-corrected chi connectivity index (χ0v) is 15.8. The predicted octanol–water partition coefficient (Wildman–Crippen LogP) is 3.92. The van der Waals surface area contributed by atoms with Crippen LogP contribution in [0.3, 0.4) is 0 Å². The molecular formula is C20H13BrN2O5. The fraction of sp³-hybridized carbons (Fsp3) is 0. The molecule has 4 aromatic rings. The molecule has 8 heteroatoms. The molecule has 0 saturated carbocycles. The average molecular weight is 441 g/mol. The molecule has 0 spiro atoms. The van der Waals surface area contributed by atoms with Crippen LogP contribution in [-0.4, -0.2) is 32.1 Å². The molecule has 0 aliphatic rings. The topological polar surface area (TPSA) is 120 Å². The number of nitrogens with zero attached hydrogens (tertiary/aromatic N) is 1. The summed E-state index contributed by atoms with van der Waals surface area (Å²) in [7, 11) is 0. The maximum atomic E-state index is 11.1. The molecule has 3 N–H and O–H groups in total. The summed E-state index contributed by atoms with van der Waals surface area (Å²) in [5.41, 5.74) is 1.12. The van der Waals surface area contributed by atoms with E-state index in [0.717, 1.165) is 6.07 Å². The van der Waals surface area contributed by atoms with Crippen LogP contribution in [0.5, 0.6) is 0 Å². The largest absolute Gasteiger partial charge is 0.478 e. The Morgan fingerprint density at radius 1 is 0.857 bits per heavy atom. The van der Waals surface area contributed by atoms with Crippen molar-refractivity contribution >= 4 is 49.7 Å². The predicted molar refractivity (Wildman–Crippen MR) is 108 cm³/mol. The lowest BCUT2D eigenvalue weighted by molar-refractivity contribution is 0.0688. The van der Waals surface area contributed by atoms with Gasteiger partial charge in [0.2, 0.25) is 5.56 Å². The number of nitrogens with one attached hydrogen (secondary N) is 1. The molecule has 0 fully saturated rings. The Morgan fingerprint density at radius 2 is 1.43 bits per heavy atom. The molecule has 0 bridgehead atoms. The molecular weight excluding hydrogens is 428 g/mol. The zero-order valence-electron chi connectivity index (χ0n) is 14.2. The molecule has 0 saturated heterocycles. The van der Waals surface area contributed by atoms with Crippen LogP contribution in [0.1, 0.15) is 20.7 Å². The average Bonchev–Trinajstić information content (AvgIpc) is 2.66. The summed E-state index contributed by atoms with van der Waals surface area (Å²) >= 11 is 3.18. The summed E-state index contributed by atoms with van der Waals surface area (Å²) in [5, 5.41) is 19.0. The normalized spacial score (nSPS) is 10.3. The maximum absolute atomic E-state index is 11.1. The molecule has 4 rings (SSSR count). The van der Waals surface area contributed by atoms with Gasteiger partial charge in [0.15, 0.2) is 0 Å². The number of hydrogen-bond acceptors (Lipinski definition) is 4. The highest BCUT2D eigenvalue weighted by Gasteiger charge is 2.10. The van der Waals surface area contributed by atoms with Crippen LogP contribution < -0.4 is 5.56 Å². The van der Waals surface area contributed by atoms with E-state index in [2.05, 4.69) is 25.9 Å². The number of halogens is 1. The van der Waals surface area contributed by atoms with Crippen molar-refractivity contribution in [2.24, 2.45) is 0 Å². The van der Waals surface area contributed by atoms with E-state index in [4.69, 9.17) is 10.2 Å². The third kappa shape index (κ3) is 4.07. The smallest absolute Gasteiger partial charge is 0.336 e. The Bertz CT molecular complexity index is 1270. The molecule has 0 radical (unpaired) electrons. The first-order valence-electron chi connectivity index (χ1n) is 8.01. The highest BCUT2D eigenvalue weighted by molar-refractivity contribution is 9.10. The molecule has 0 amide bonds. The van der Waals surface area contributed by atoms with Gasteiger partial charge in [0.1, 0.15) is 4.60 Å². The van der Waals surface area contributed by atoms with Gasteiger partial charge in [-0.15, -0.1) is 0 Å². The molecule has 2 aromatic heterocycles. The van der Waals surface area contributed by atoms with Crippen molar-refractivity contribution < 1.29 is 19.8 Å². The molecule has 2 aromatic carbocycles. The minimum atomic E-state index is -1.09. The van der Waals surface area contributed by atoms with E-state index >= 15 is 0 Å². The number of H-pyrrole nitrogens is 1. The summed E-state index contributed by atoms with van der Waals surface area (Å²) in [6.07, 6.45) is 0. The number of pyridine rings is 2. The van der Waals surface area contributed by atoms with Crippen LogP contribution in [0.25, 0.3) is 21.8 Å². The second-order valence-electron chi connectivity index (χ2n) is 5.71. The van der Waals surface area contributed by atoms with Crippen LogP contribution in [0.4, 0.5) is 0 Å². The minimum absolute atomic E-state index is 0.0318. The molecule has 0 aliphatic carbocycles. The van der Waals surface area contributed by atoms with Crippen molar-refractivity contribution in [1.29, 1.82) is 0 Å². The molecule has 0 unspecified atom stereocenters. The molecule has 0 atom stereocenters. The Kier molecular flexibility index (Phi) is 5.51. The number of para-hydroxylation sites is 2. The van der Waals surface area contributed by atoms with Crippen LogP contribution in [0, 0.1) is 0 Å². The fourth-order valence-electron chi connectivity index (χ4n) is 2.70. The van der Waals surface area contributed by atoms with E-state index in [-0.39, 0.29) is 11.1 Å². The molecule has 140 valence electrons. The Hall–Kier alpha value is -3.52. The monoisotopic (exact) mass is 440 g/mol. The summed E-state index contributed by atoms with van der Waals surface area (Å²) < 4.78 is 0.536. The third-order valence-corrected chi connectivity index (χ3v) is 4.30. The number of aromatic amines is 1. The second kappa shape index (κ2) is 8.01. The summed E-state index contributed by atoms with van der Waals surface area (Å²) in [6.45, 7) is 0. The summed E-state index contributed by atoms with van der Waals surface area (Å²) in [5.74, 6) is -2.03. The lowest BCUT2D eigenvalue weighted by Crippen LogP contribution is -2.09. The van der Waals surface area contributed by atoms with E-state index in [0.29, 0.717) is 26.4 Å². The van der Waals surface area contributed by atoms with Gasteiger partial charge in [-0.3, -0.25) is 4.79 Å². The van der Waals surface area contributed by atoms with Crippen molar-refractivity contribution in [1.82, 2.24) is 9.97 Å². The van der Waals surface area contributed by atoms with E-state index < -0.39 is 17.5 Å². The first kappa shape index (κ1) is 19.2. The molecule has 0 aliphatic heterocycles. The van der Waals surface area contributed by atoms with E-state index in [1.807, 2.05) is 6.07 Å². The minimum Gasteiger partial charge on any atom is -0.478 e. The lowest BCUT2D eigenvalue weighted by Gasteiger charge is -2.01. The Labute approximate surface area is 166 Å². The highest BCUT2D eigenvalue weighted by atomic mass is 79.9. The van der Waals surface area contributed by atoms with Gasteiger partial charge in [-0.25, -0.2) is 14.6 Å². The first-order chi connectivity index (χ1) is 13.4. The number of fused-ring (bicyclic) bond motifs is 2. The number of hydrogen-bond donors (Lipinski definition) is 3. The van der Waals surface area contributed by atoms with Crippen LogP contribution in [-0.2, 0) is 0 Å². The number of carbonyl (C=O) groups is 2. The number of benzene rings is 2. The van der Waals surface area contributed by atoms with Crippen LogP contribution in [0.2, 0.25) is 0 Å². The van der Waals surface area contributed by atoms with Gasteiger partial charge in [-0.05, 0) is 34.1 Å². The van der Waals surface area contributed by atoms with Crippen molar-refractivity contribution in [2.75, 3.05) is 0 Å². The Balaban J connectivity index is 0.000000161. The fourth-order valence-corrected chi connectivity index (χ4v) is 3.12. The van der Waals surface area contributed by atoms with Gasteiger partial charge in [0, 0.05) is 22.4 Å². The van der Waals surface area contributed by atoms with Gasteiger partial charge < -0.3 is 15.2 Å². The van der Waals surface area contributed by atoms with Gasteiger partial charge >= 0.3 is 11.9 Å². The van der Waals surface area contributed by atoms with Crippen molar-refractivity contribution in [3.8, 4) is 0 Å². The van der Waals surface area contributed by atoms with E-state index in [1.54, 1.807) is 42.5 Å². The standard InChI is InChI=1S/C10H6BrNO2.C10H7NO3/c11-9-5-7(10(13)14)6-3-1-2-4-8(6)12-9;12-9-5-7(10(13)14)6-3-1-2-4-8(6)11-9/h1-5H,(H,13,14);1-5H,(H,11,12)(H,13,14). The molecule has 2 heterocycles. The quantitative estimate of drug-likeness (QED) is 0.406. The number of aromatic nitrogens is 2. The number of carboxylic acid groups (broad SMARTS) is 2. The van der Waals surface area contributed by atoms with Crippen molar-refractivity contribution in [3.05, 3.63) is 86.7 Å². The van der Waals surface area contributed by atoms with Gasteiger partial charge in [0.25, 0.3) is 0 Å². The van der Waals surface area contributed by atoms with Crippen LogP contribution in [0.15, 0.2) is 70.1 Å². The van der Waals surface area contributed by atoms with Gasteiger partial charge in [0.05, 0.1) is 16.6 Å². The number of aromatic carboxylic acids is 2. The van der Waals surface area contributed by atoms with Crippen molar-refractivity contribution in [2.45, 2.75) is 0 Å². The highest BCUT2D eigenvalue weighted by Crippen LogP contribution is 2.20. The zero-order chi connectivity index (χ0) is 20.3. The number of carboxylic acids is 2. The third-order valence-electron chi connectivity index (χ3n) is 3.90. The van der Waals surface area contributed by atoms with E-state index in [9.17, 15) is 14.4 Å². The maximum Gasteiger partial charge on any atom is 0.336 e. The first-order valence-corrected chi connectivity index (χ1v) is 8.80. The summed E-state index contributed by atoms with van der Waals surface area (Å²) in [4.78, 5) is 39.6. The van der Waals surface area contributed by atoms with E-state index in [1.165, 1.54) is 6.07 Å². The SMILES string of the molecule is O=C(O)c1cc(=O)[nH]c2ccccc12.O=C(O)c1cc(Br)nc2ccccc12. The lowest BCUT2D eigenvalue weighted by atomic mass is 10.1. The van der Waals surface area contributed by atoms with Crippen LogP contribution >= 0.6 is 15.9 Å². The van der Waals surface area contributed by atoms with Gasteiger partial charge in [-0.1, -0.05) is 36.4 Å². The second-order valence-corrected chi connectivity index (χ2v) is 6.53. The Morgan fingerprint density at radius 3 is 2.11 bits per heavy atom. The summed E-state index contributed by atoms with van der Waals surface area (Å²) in [6, 6.07) is 16.5. The van der Waals surface area contributed by atoms with Crippen molar-refractivity contribution in [3.63, 3.8) is 0 Å². The molecule has 7 nitrogen and oxygen atoms in total.